The Balaban J connectivity index is 1.78. The van der Waals surface area contributed by atoms with E-state index >= 15 is 0 Å². The summed E-state index contributed by atoms with van der Waals surface area (Å²) in [5.41, 5.74) is 1.83. The monoisotopic (exact) mass is 261 g/mol. The van der Waals surface area contributed by atoms with Crippen LogP contribution in [0.15, 0.2) is 24.3 Å². The van der Waals surface area contributed by atoms with Gasteiger partial charge in [-0.3, -0.25) is 4.79 Å². The third kappa shape index (κ3) is 3.96. The average molecular weight is 261 g/mol. The minimum atomic E-state index is 0.0169. The predicted octanol–water partition coefficient (Wildman–Crippen LogP) is 1.62. The van der Waals surface area contributed by atoms with Crippen molar-refractivity contribution in [3.63, 3.8) is 0 Å². The summed E-state index contributed by atoms with van der Waals surface area (Å²) in [5.74, 6) is 0.0169. The molecule has 0 saturated carbocycles. The van der Waals surface area contributed by atoms with Crippen LogP contribution in [0.4, 0.5) is 5.69 Å². The Morgan fingerprint density at radius 1 is 1.37 bits per heavy atom. The van der Waals surface area contributed by atoms with Gasteiger partial charge < -0.3 is 15.5 Å². The second-order valence-electron chi connectivity index (χ2n) is 5.28. The number of carbonyl (C=O) groups excluding carboxylic acids is 1. The molecule has 1 amide bonds. The fraction of sp³-hybridized carbons (Fsp3) is 0.533. The highest BCUT2D eigenvalue weighted by Gasteiger charge is 2.13. The number of carbonyl (C=O) groups is 1. The Kier molecular flexibility index (Phi) is 4.80. The minimum absolute atomic E-state index is 0.0169. The Hall–Kier alpha value is -1.55. The lowest BCUT2D eigenvalue weighted by Gasteiger charge is -2.13. The molecule has 0 aliphatic carbocycles. The molecular formula is C15H23N3O. The molecule has 1 aromatic carbocycles. The molecule has 0 unspecified atom stereocenters. The largest absolute Gasteiger partial charge is 0.378 e. The minimum Gasteiger partial charge on any atom is -0.378 e. The molecule has 1 aliphatic rings. The number of nitrogens with zero attached hydrogens (tertiary/aromatic N) is 1. The first-order valence-electron chi connectivity index (χ1n) is 6.96. The Labute approximate surface area is 115 Å². The molecule has 1 saturated heterocycles. The van der Waals surface area contributed by atoms with Crippen molar-refractivity contribution >= 4 is 11.6 Å². The number of anilines is 1. The molecule has 1 atom stereocenters. The number of benzene rings is 1. The summed E-state index contributed by atoms with van der Waals surface area (Å²) < 4.78 is 0. The normalized spacial score (nSPS) is 18.3. The van der Waals surface area contributed by atoms with Gasteiger partial charge in [-0.25, -0.2) is 0 Å². The highest BCUT2D eigenvalue weighted by molar-refractivity contribution is 5.94. The molecule has 1 heterocycles. The summed E-state index contributed by atoms with van der Waals surface area (Å²) in [7, 11) is 3.98. The zero-order valence-corrected chi connectivity index (χ0v) is 11.8. The van der Waals surface area contributed by atoms with E-state index in [1.165, 1.54) is 12.8 Å². The van der Waals surface area contributed by atoms with Gasteiger partial charge in [-0.15, -0.1) is 0 Å². The molecule has 104 valence electrons. The maximum absolute atomic E-state index is 12.0. The maximum atomic E-state index is 12.0. The molecule has 4 nitrogen and oxygen atoms in total. The number of nitrogens with one attached hydrogen (secondary N) is 2. The van der Waals surface area contributed by atoms with Gasteiger partial charge in [-0.2, -0.15) is 0 Å². The number of rotatable bonds is 5. The first-order chi connectivity index (χ1) is 9.16. The Morgan fingerprint density at radius 2 is 2.11 bits per heavy atom. The van der Waals surface area contributed by atoms with E-state index in [0.29, 0.717) is 6.04 Å². The summed E-state index contributed by atoms with van der Waals surface area (Å²) in [6.45, 7) is 1.86. The zero-order valence-electron chi connectivity index (χ0n) is 11.8. The van der Waals surface area contributed by atoms with Crippen LogP contribution in [0, 0.1) is 0 Å². The molecule has 4 heteroatoms. The standard InChI is InChI=1S/C15H23N3O/c1-18(2)14-7-5-12(6-8-14)15(19)17-11-9-13-4-3-10-16-13/h5-8,13,16H,3-4,9-11H2,1-2H3,(H,17,19)/t13-/m0/s1. The molecule has 2 N–H and O–H groups in total. The van der Waals surface area contributed by atoms with Crippen LogP contribution in [0.2, 0.25) is 0 Å². The first kappa shape index (κ1) is 13.9. The van der Waals surface area contributed by atoms with Gasteiger partial charge in [0, 0.05) is 37.9 Å². The van der Waals surface area contributed by atoms with E-state index in [1.54, 1.807) is 0 Å². The van der Waals surface area contributed by atoms with Crippen LogP contribution in [0.25, 0.3) is 0 Å². The van der Waals surface area contributed by atoms with Gasteiger partial charge in [0.2, 0.25) is 0 Å². The van der Waals surface area contributed by atoms with Crippen LogP contribution in [0.5, 0.6) is 0 Å². The van der Waals surface area contributed by atoms with Crippen molar-refractivity contribution in [2.75, 3.05) is 32.1 Å². The molecular weight excluding hydrogens is 238 g/mol. The number of hydrogen-bond acceptors (Lipinski definition) is 3. The fourth-order valence-electron chi connectivity index (χ4n) is 2.38. The smallest absolute Gasteiger partial charge is 0.251 e. The maximum Gasteiger partial charge on any atom is 0.251 e. The van der Waals surface area contributed by atoms with Crippen LogP contribution in [0.1, 0.15) is 29.6 Å². The van der Waals surface area contributed by atoms with Gasteiger partial charge in [0.1, 0.15) is 0 Å². The third-order valence-corrected chi connectivity index (χ3v) is 3.59. The van der Waals surface area contributed by atoms with E-state index in [9.17, 15) is 4.79 Å². The summed E-state index contributed by atoms with van der Waals surface area (Å²) in [5, 5.41) is 6.42. The van der Waals surface area contributed by atoms with E-state index in [4.69, 9.17) is 0 Å². The molecule has 0 bridgehead atoms. The van der Waals surface area contributed by atoms with Crippen molar-refractivity contribution in [3.8, 4) is 0 Å². The lowest BCUT2D eigenvalue weighted by molar-refractivity contribution is 0.0952. The fourth-order valence-corrected chi connectivity index (χ4v) is 2.38. The molecule has 1 fully saturated rings. The van der Waals surface area contributed by atoms with E-state index in [-0.39, 0.29) is 5.91 Å². The average Bonchev–Trinajstić information content (AvgIpc) is 2.92. The molecule has 0 radical (unpaired) electrons. The quantitative estimate of drug-likeness (QED) is 0.846. The van der Waals surface area contributed by atoms with Crippen LogP contribution in [0.3, 0.4) is 0 Å². The van der Waals surface area contributed by atoms with Crippen LogP contribution < -0.4 is 15.5 Å². The molecule has 1 aromatic rings. The summed E-state index contributed by atoms with van der Waals surface area (Å²) >= 11 is 0. The lowest BCUT2D eigenvalue weighted by atomic mass is 10.1. The topological polar surface area (TPSA) is 44.4 Å². The number of hydrogen-bond donors (Lipinski definition) is 2. The molecule has 2 rings (SSSR count). The highest BCUT2D eigenvalue weighted by atomic mass is 16.1. The van der Waals surface area contributed by atoms with Gasteiger partial charge in [-0.1, -0.05) is 0 Å². The summed E-state index contributed by atoms with van der Waals surface area (Å²) in [6.07, 6.45) is 3.50. The molecule has 0 spiro atoms. The zero-order chi connectivity index (χ0) is 13.7. The van der Waals surface area contributed by atoms with E-state index < -0.39 is 0 Å². The summed E-state index contributed by atoms with van der Waals surface area (Å²) in [4.78, 5) is 14.0. The second kappa shape index (κ2) is 6.57. The van der Waals surface area contributed by atoms with Crippen LogP contribution >= 0.6 is 0 Å². The van der Waals surface area contributed by atoms with Gasteiger partial charge in [0.05, 0.1) is 0 Å². The van der Waals surface area contributed by atoms with Crippen molar-refractivity contribution in [1.82, 2.24) is 10.6 Å². The summed E-state index contributed by atoms with van der Waals surface area (Å²) in [6, 6.07) is 8.26. The predicted molar refractivity (Wildman–Crippen MR) is 78.7 cm³/mol. The van der Waals surface area contributed by atoms with Gasteiger partial charge in [0.25, 0.3) is 5.91 Å². The number of amides is 1. The highest BCUT2D eigenvalue weighted by Crippen LogP contribution is 2.12. The van der Waals surface area contributed by atoms with E-state index in [1.807, 2.05) is 43.3 Å². The van der Waals surface area contributed by atoms with Crippen LogP contribution in [-0.2, 0) is 0 Å². The Bertz CT molecular complexity index is 408. The van der Waals surface area contributed by atoms with Gasteiger partial charge in [-0.05, 0) is 50.1 Å². The molecule has 19 heavy (non-hydrogen) atoms. The van der Waals surface area contributed by atoms with E-state index in [0.717, 1.165) is 30.8 Å². The van der Waals surface area contributed by atoms with E-state index in [2.05, 4.69) is 10.6 Å². The van der Waals surface area contributed by atoms with Crippen molar-refractivity contribution in [2.45, 2.75) is 25.3 Å². The Morgan fingerprint density at radius 3 is 2.68 bits per heavy atom. The van der Waals surface area contributed by atoms with Crippen molar-refractivity contribution in [1.29, 1.82) is 0 Å². The van der Waals surface area contributed by atoms with Crippen molar-refractivity contribution < 1.29 is 4.79 Å². The third-order valence-electron chi connectivity index (χ3n) is 3.59. The lowest BCUT2D eigenvalue weighted by Crippen LogP contribution is -2.30. The van der Waals surface area contributed by atoms with Crippen LogP contribution in [-0.4, -0.2) is 39.1 Å². The van der Waals surface area contributed by atoms with Crippen molar-refractivity contribution in [3.05, 3.63) is 29.8 Å². The second-order valence-corrected chi connectivity index (χ2v) is 5.28. The van der Waals surface area contributed by atoms with Gasteiger partial charge in [0.15, 0.2) is 0 Å². The molecule has 1 aliphatic heterocycles. The van der Waals surface area contributed by atoms with Gasteiger partial charge >= 0.3 is 0 Å². The van der Waals surface area contributed by atoms with Crippen molar-refractivity contribution in [2.24, 2.45) is 0 Å². The molecule has 0 aromatic heterocycles. The first-order valence-corrected chi connectivity index (χ1v) is 6.96. The SMILES string of the molecule is CN(C)c1ccc(C(=O)NCC[C@@H]2CCCN2)cc1.